The van der Waals surface area contributed by atoms with Crippen LogP contribution < -0.4 is 0 Å². The van der Waals surface area contributed by atoms with Crippen molar-refractivity contribution in [3.8, 4) is 0 Å². The van der Waals surface area contributed by atoms with E-state index in [-0.39, 0.29) is 24.3 Å². The van der Waals surface area contributed by atoms with Gasteiger partial charge in [0, 0.05) is 6.54 Å². The zero-order valence-electron chi connectivity index (χ0n) is 24.5. The van der Waals surface area contributed by atoms with Gasteiger partial charge in [-0.15, -0.1) is 0 Å². The van der Waals surface area contributed by atoms with Crippen LogP contribution in [-0.4, -0.2) is 50.8 Å². The van der Waals surface area contributed by atoms with Gasteiger partial charge in [-0.1, -0.05) is 94.5 Å². The van der Waals surface area contributed by atoms with Crippen molar-refractivity contribution >= 4 is 6.09 Å². The lowest BCUT2D eigenvalue weighted by Crippen LogP contribution is -2.53. The second-order valence-electron chi connectivity index (χ2n) is 13.6. The fourth-order valence-corrected chi connectivity index (χ4v) is 7.10. The fourth-order valence-electron chi connectivity index (χ4n) is 7.10. The third kappa shape index (κ3) is 7.73. The topological polar surface area (TPSA) is 62.2 Å². The molecular weight excluding hydrogens is 476 g/mol. The molecule has 6 heteroatoms. The number of benzene rings is 1. The monoisotopic (exact) mass is 528 g/mol. The molecule has 2 saturated carbocycles. The molecule has 0 radical (unpaired) electrons. The first-order valence-electron chi connectivity index (χ1n) is 15.2. The summed E-state index contributed by atoms with van der Waals surface area (Å²) in [5.74, 6) is 1.13. The van der Waals surface area contributed by atoms with Gasteiger partial charge in [0.05, 0.1) is 18.2 Å². The molecule has 3 aliphatic rings. The first-order chi connectivity index (χ1) is 18.0. The number of rotatable bonds is 8. The molecule has 214 valence electrons. The van der Waals surface area contributed by atoms with Gasteiger partial charge in [-0.05, 0) is 64.9 Å². The molecule has 6 nitrogen and oxygen atoms in total. The molecule has 0 aromatic heterocycles. The predicted octanol–water partition coefficient (Wildman–Crippen LogP) is 7.93. The Morgan fingerprint density at radius 1 is 1.03 bits per heavy atom. The Balaban J connectivity index is 1.65. The van der Waals surface area contributed by atoms with Crippen molar-refractivity contribution in [1.29, 1.82) is 0 Å². The number of ether oxygens (including phenoxy) is 2. The highest BCUT2D eigenvalue weighted by molar-refractivity contribution is 5.70. The van der Waals surface area contributed by atoms with Gasteiger partial charge in [-0.25, -0.2) is 4.79 Å². The molecule has 1 N–H and O–H groups in total. The highest BCUT2D eigenvalue weighted by atomic mass is 16.6. The number of hydrogen-bond acceptors (Lipinski definition) is 5. The second kappa shape index (κ2) is 12.7. The molecule has 3 atom stereocenters. The quantitative estimate of drug-likeness (QED) is 0.347. The van der Waals surface area contributed by atoms with Gasteiger partial charge in [0.15, 0.2) is 0 Å². The Morgan fingerprint density at radius 2 is 1.61 bits per heavy atom. The Labute approximate surface area is 231 Å². The van der Waals surface area contributed by atoms with Crippen molar-refractivity contribution < 1.29 is 19.5 Å². The van der Waals surface area contributed by atoms with Gasteiger partial charge in [0.1, 0.15) is 11.3 Å². The summed E-state index contributed by atoms with van der Waals surface area (Å²) in [5, 5.41) is 13.2. The van der Waals surface area contributed by atoms with Crippen molar-refractivity contribution in [2.75, 3.05) is 0 Å². The number of nitrogens with zero attached hydrogens (tertiary/aromatic N) is 2. The van der Waals surface area contributed by atoms with Crippen molar-refractivity contribution in [3.63, 3.8) is 0 Å². The molecular formula is C32H52N2O4. The fraction of sp³-hybridized carbons (Fsp3) is 0.781. The van der Waals surface area contributed by atoms with Crippen molar-refractivity contribution in [1.82, 2.24) is 9.96 Å². The van der Waals surface area contributed by atoms with Crippen LogP contribution in [0.3, 0.4) is 0 Å². The number of hydroxylamine groups is 2. The van der Waals surface area contributed by atoms with E-state index < -0.39 is 11.3 Å². The van der Waals surface area contributed by atoms with Gasteiger partial charge < -0.3 is 14.7 Å². The first-order valence-corrected chi connectivity index (χ1v) is 15.2. The Kier molecular flexibility index (Phi) is 9.81. The molecule has 0 bridgehead atoms. The number of hydrogen-bond donors (Lipinski definition) is 1. The van der Waals surface area contributed by atoms with Gasteiger partial charge in [0.2, 0.25) is 0 Å². The SMILES string of the molecule is CC(C)(C)OC(=O)N1[C@@H](CC2CCCCC2)[C@H]([C@H](CC2CCCCC2)N(O)Cc2ccccc2)OC1(C)C. The summed E-state index contributed by atoms with van der Waals surface area (Å²) in [6.07, 6.45) is 13.6. The highest BCUT2D eigenvalue weighted by Crippen LogP contribution is 2.43. The van der Waals surface area contributed by atoms with Crippen LogP contribution in [0.4, 0.5) is 4.79 Å². The van der Waals surface area contributed by atoms with Gasteiger partial charge >= 0.3 is 6.09 Å². The van der Waals surface area contributed by atoms with Crippen molar-refractivity contribution in [2.24, 2.45) is 11.8 Å². The van der Waals surface area contributed by atoms with E-state index in [1.807, 2.05) is 57.7 Å². The number of amides is 1. The Bertz CT molecular complexity index is 871. The number of carbonyl (C=O) groups is 1. The molecule has 0 spiro atoms. The van der Waals surface area contributed by atoms with E-state index in [1.54, 1.807) is 0 Å². The predicted molar refractivity (Wildman–Crippen MR) is 151 cm³/mol. The third-order valence-corrected chi connectivity index (χ3v) is 8.85. The Morgan fingerprint density at radius 3 is 2.18 bits per heavy atom. The van der Waals surface area contributed by atoms with E-state index in [1.165, 1.54) is 69.3 Å². The lowest BCUT2D eigenvalue weighted by molar-refractivity contribution is -0.185. The van der Waals surface area contributed by atoms with Crippen molar-refractivity contribution in [2.45, 2.75) is 148 Å². The minimum atomic E-state index is -0.815. The summed E-state index contributed by atoms with van der Waals surface area (Å²) in [6.45, 7) is 10.2. The molecule has 1 heterocycles. The molecule has 1 aromatic rings. The average Bonchev–Trinajstić information content (AvgIpc) is 3.13. The van der Waals surface area contributed by atoms with E-state index in [0.717, 1.165) is 18.4 Å². The maximum Gasteiger partial charge on any atom is 0.412 e. The van der Waals surface area contributed by atoms with Gasteiger partial charge in [0.25, 0.3) is 0 Å². The van der Waals surface area contributed by atoms with Crippen LogP contribution in [0.15, 0.2) is 30.3 Å². The van der Waals surface area contributed by atoms with Crippen LogP contribution in [-0.2, 0) is 16.0 Å². The minimum Gasteiger partial charge on any atom is -0.444 e. The van der Waals surface area contributed by atoms with Crippen LogP contribution in [0, 0.1) is 11.8 Å². The lowest BCUT2D eigenvalue weighted by Gasteiger charge is -2.39. The van der Waals surface area contributed by atoms with Crippen molar-refractivity contribution in [3.05, 3.63) is 35.9 Å². The van der Waals surface area contributed by atoms with E-state index in [4.69, 9.17) is 9.47 Å². The molecule has 2 aliphatic carbocycles. The summed E-state index contributed by atoms with van der Waals surface area (Å²) >= 11 is 0. The summed E-state index contributed by atoms with van der Waals surface area (Å²) in [7, 11) is 0. The van der Waals surface area contributed by atoms with Crippen LogP contribution in [0.2, 0.25) is 0 Å². The van der Waals surface area contributed by atoms with Crippen LogP contribution in [0.25, 0.3) is 0 Å². The van der Waals surface area contributed by atoms with Crippen LogP contribution in [0.1, 0.15) is 117 Å². The van der Waals surface area contributed by atoms with Crippen LogP contribution >= 0.6 is 0 Å². The molecule has 3 fully saturated rings. The second-order valence-corrected chi connectivity index (χ2v) is 13.6. The zero-order valence-corrected chi connectivity index (χ0v) is 24.5. The highest BCUT2D eigenvalue weighted by Gasteiger charge is 2.55. The molecule has 4 rings (SSSR count). The smallest absolute Gasteiger partial charge is 0.412 e. The standard InChI is InChI=1S/C32H52N2O4/c1-31(2,3)38-30(35)34-28(22-25-17-11-7-12-18-25)29(37-32(34,4)5)27(21-24-15-9-6-10-16-24)33(36)23-26-19-13-8-14-20-26/h8,13-14,19-20,24-25,27-29,36H,6-7,9-12,15-18,21-23H2,1-5H3/t27-,28-,29-/m0/s1. The van der Waals surface area contributed by atoms with E-state index in [9.17, 15) is 10.0 Å². The largest absolute Gasteiger partial charge is 0.444 e. The van der Waals surface area contributed by atoms with Gasteiger partial charge in [-0.3, -0.25) is 4.90 Å². The molecule has 1 aromatic carbocycles. The minimum absolute atomic E-state index is 0.137. The van der Waals surface area contributed by atoms with E-state index >= 15 is 0 Å². The molecule has 38 heavy (non-hydrogen) atoms. The van der Waals surface area contributed by atoms with E-state index in [0.29, 0.717) is 18.4 Å². The normalized spacial score (nSPS) is 26.0. The molecule has 1 aliphatic heterocycles. The Hall–Kier alpha value is -1.63. The summed E-state index contributed by atoms with van der Waals surface area (Å²) in [4.78, 5) is 15.6. The summed E-state index contributed by atoms with van der Waals surface area (Å²) in [6, 6.07) is 9.84. The summed E-state index contributed by atoms with van der Waals surface area (Å²) < 4.78 is 12.8. The summed E-state index contributed by atoms with van der Waals surface area (Å²) in [5.41, 5.74) is -0.322. The maximum absolute atomic E-state index is 13.7. The molecule has 0 unspecified atom stereocenters. The van der Waals surface area contributed by atoms with E-state index in [2.05, 4.69) is 12.1 Å². The van der Waals surface area contributed by atoms with Crippen LogP contribution in [0.5, 0.6) is 0 Å². The number of carbonyl (C=O) groups excluding carboxylic acids is 1. The maximum atomic E-state index is 13.7. The van der Waals surface area contributed by atoms with Gasteiger partial charge in [-0.2, -0.15) is 5.06 Å². The lowest BCUT2D eigenvalue weighted by atomic mass is 9.79. The average molecular weight is 529 g/mol. The first kappa shape index (κ1) is 29.4. The molecule has 1 saturated heterocycles. The third-order valence-electron chi connectivity index (χ3n) is 8.85. The zero-order chi connectivity index (χ0) is 27.3. The molecule has 1 amide bonds.